The van der Waals surface area contributed by atoms with Gasteiger partial charge in [0.2, 0.25) is 0 Å². The van der Waals surface area contributed by atoms with Crippen molar-refractivity contribution in [3.05, 3.63) is 34.5 Å². The molecule has 1 aromatic heterocycles. The quantitative estimate of drug-likeness (QED) is 0.613. The number of non-ortho nitro benzene ring substituents is 1. The van der Waals surface area contributed by atoms with Gasteiger partial charge in [0.15, 0.2) is 0 Å². The molecule has 1 aliphatic heterocycles. The van der Waals surface area contributed by atoms with Crippen molar-refractivity contribution in [1.82, 2.24) is 14.7 Å². The lowest BCUT2D eigenvalue weighted by Gasteiger charge is -2.14. The average Bonchev–Trinajstić information content (AvgIpc) is 2.99. The van der Waals surface area contributed by atoms with Crippen molar-refractivity contribution in [1.29, 1.82) is 0 Å². The molecule has 3 rings (SSSR count). The van der Waals surface area contributed by atoms with Gasteiger partial charge >= 0.3 is 0 Å². The molecule has 94 valence electrons. The third-order valence-corrected chi connectivity index (χ3v) is 3.37. The normalized spacial score (nSPS) is 16.4. The van der Waals surface area contributed by atoms with Crippen molar-refractivity contribution in [3.63, 3.8) is 0 Å². The van der Waals surface area contributed by atoms with E-state index in [2.05, 4.69) is 10.00 Å². The first-order chi connectivity index (χ1) is 8.74. The second-order valence-electron chi connectivity index (χ2n) is 4.61. The number of hydrogen-bond acceptors (Lipinski definition) is 4. The zero-order chi connectivity index (χ0) is 12.5. The minimum Gasteiger partial charge on any atom is -0.284 e. The second-order valence-corrected chi connectivity index (χ2v) is 4.61. The molecule has 6 nitrogen and oxygen atoms in total. The number of nitrogens with zero attached hydrogens (tertiary/aromatic N) is 4. The molecule has 0 amide bonds. The van der Waals surface area contributed by atoms with Gasteiger partial charge in [-0.05, 0) is 32.0 Å². The van der Waals surface area contributed by atoms with Gasteiger partial charge in [0.25, 0.3) is 5.69 Å². The summed E-state index contributed by atoms with van der Waals surface area (Å²) in [6.07, 6.45) is 4.20. The summed E-state index contributed by atoms with van der Waals surface area (Å²) < 4.78 is 1.84. The predicted octanol–water partition coefficient (Wildman–Crippen LogP) is 2.00. The first-order valence-corrected chi connectivity index (χ1v) is 6.06. The third kappa shape index (κ3) is 1.95. The average molecular weight is 246 g/mol. The van der Waals surface area contributed by atoms with Crippen molar-refractivity contribution in [3.8, 4) is 0 Å². The van der Waals surface area contributed by atoms with Crippen molar-refractivity contribution < 1.29 is 4.92 Å². The molecule has 1 saturated heterocycles. The Kier molecular flexibility index (Phi) is 2.71. The fourth-order valence-corrected chi connectivity index (χ4v) is 2.40. The van der Waals surface area contributed by atoms with Gasteiger partial charge in [-0.2, -0.15) is 5.10 Å². The van der Waals surface area contributed by atoms with Crippen molar-refractivity contribution in [2.75, 3.05) is 13.1 Å². The zero-order valence-electron chi connectivity index (χ0n) is 9.95. The minimum atomic E-state index is -0.368. The summed E-state index contributed by atoms with van der Waals surface area (Å²) in [5, 5.41) is 16.0. The summed E-state index contributed by atoms with van der Waals surface area (Å²) in [4.78, 5) is 12.7. The largest absolute Gasteiger partial charge is 0.284 e. The number of rotatable bonds is 3. The maximum absolute atomic E-state index is 10.8. The van der Waals surface area contributed by atoms with E-state index >= 15 is 0 Å². The Morgan fingerprint density at radius 3 is 2.83 bits per heavy atom. The van der Waals surface area contributed by atoms with Gasteiger partial charge in [0, 0.05) is 17.5 Å². The number of fused-ring (bicyclic) bond motifs is 1. The SMILES string of the molecule is O=[N+]([O-])c1ccc2cnn(CN3CCCC3)c2c1. The Bertz CT molecular complexity index is 587. The van der Waals surface area contributed by atoms with E-state index in [4.69, 9.17) is 0 Å². The van der Waals surface area contributed by atoms with Crippen LogP contribution in [0.1, 0.15) is 12.8 Å². The van der Waals surface area contributed by atoms with Crippen LogP contribution >= 0.6 is 0 Å². The lowest BCUT2D eigenvalue weighted by Crippen LogP contribution is -2.23. The van der Waals surface area contributed by atoms with E-state index in [1.165, 1.54) is 18.9 Å². The second kappa shape index (κ2) is 4.38. The summed E-state index contributed by atoms with van der Waals surface area (Å²) in [5.41, 5.74) is 0.946. The topological polar surface area (TPSA) is 64.2 Å². The van der Waals surface area contributed by atoms with Gasteiger partial charge in [0.1, 0.15) is 0 Å². The Labute approximate surface area is 104 Å². The van der Waals surface area contributed by atoms with Gasteiger partial charge < -0.3 is 0 Å². The van der Waals surface area contributed by atoms with Gasteiger partial charge in [-0.1, -0.05) is 0 Å². The molecule has 6 heteroatoms. The van der Waals surface area contributed by atoms with E-state index in [-0.39, 0.29) is 10.6 Å². The minimum absolute atomic E-state index is 0.116. The van der Waals surface area contributed by atoms with Crippen LogP contribution in [0.5, 0.6) is 0 Å². The van der Waals surface area contributed by atoms with Crippen LogP contribution in [0.15, 0.2) is 24.4 Å². The molecule has 1 aliphatic rings. The lowest BCUT2D eigenvalue weighted by atomic mass is 10.2. The van der Waals surface area contributed by atoms with Gasteiger partial charge in [-0.15, -0.1) is 0 Å². The molecule has 2 heterocycles. The number of aromatic nitrogens is 2. The molecule has 1 fully saturated rings. The van der Waals surface area contributed by atoms with Crippen LogP contribution in [0.3, 0.4) is 0 Å². The van der Waals surface area contributed by atoms with Crippen LogP contribution in [0.25, 0.3) is 10.9 Å². The maximum Gasteiger partial charge on any atom is 0.271 e. The van der Waals surface area contributed by atoms with Crippen LogP contribution in [0.4, 0.5) is 5.69 Å². The van der Waals surface area contributed by atoms with Crippen molar-refractivity contribution >= 4 is 16.6 Å². The molecule has 0 N–H and O–H groups in total. The number of nitro benzene ring substituents is 1. The smallest absolute Gasteiger partial charge is 0.271 e. The highest BCUT2D eigenvalue weighted by molar-refractivity contribution is 5.80. The number of nitro groups is 1. The molecule has 0 bridgehead atoms. The molecule has 0 aliphatic carbocycles. The Morgan fingerprint density at radius 2 is 2.11 bits per heavy atom. The van der Waals surface area contributed by atoms with Crippen LogP contribution in [0.2, 0.25) is 0 Å². The van der Waals surface area contributed by atoms with Crippen molar-refractivity contribution in [2.24, 2.45) is 0 Å². The van der Waals surface area contributed by atoms with E-state index in [1.807, 2.05) is 4.68 Å². The Morgan fingerprint density at radius 1 is 1.33 bits per heavy atom. The molecule has 0 atom stereocenters. The molecular formula is C12H14N4O2. The highest BCUT2D eigenvalue weighted by atomic mass is 16.6. The Balaban J connectivity index is 1.95. The molecule has 18 heavy (non-hydrogen) atoms. The predicted molar refractivity (Wildman–Crippen MR) is 67.2 cm³/mol. The van der Waals surface area contributed by atoms with E-state index in [1.54, 1.807) is 18.3 Å². The molecule has 2 aromatic rings. The molecule has 0 radical (unpaired) electrons. The van der Waals surface area contributed by atoms with Crippen LogP contribution in [-0.2, 0) is 6.67 Å². The van der Waals surface area contributed by atoms with Crippen LogP contribution in [0, 0.1) is 10.1 Å². The highest BCUT2D eigenvalue weighted by Crippen LogP contribution is 2.21. The van der Waals surface area contributed by atoms with Crippen LogP contribution in [-0.4, -0.2) is 32.7 Å². The fraction of sp³-hybridized carbons (Fsp3) is 0.417. The van der Waals surface area contributed by atoms with Gasteiger partial charge in [-0.25, -0.2) is 0 Å². The van der Waals surface area contributed by atoms with E-state index in [0.717, 1.165) is 24.0 Å². The summed E-state index contributed by atoms with van der Waals surface area (Å²) in [6.45, 7) is 2.87. The molecule has 1 aromatic carbocycles. The number of benzene rings is 1. The summed E-state index contributed by atoms with van der Waals surface area (Å²) >= 11 is 0. The fourth-order valence-electron chi connectivity index (χ4n) is 2.40. The summed E-state index contributed by atoms with van der Waals surface area (Å²) in [6, 6.07) is 4.86. The van der Waals surface area contributed by atoms with Crippen molar-refractivity contribution in [2.45, 2.75) is 19.5 Å². The van der Waals surface area contributed by atoms with E-state index < -0.39 is 0 Å². The first kappa shape index (κ1) is 11.2. The molecule has 0 unspecified atom stereocenters. The van der Waals surface area contributed by atoms with Crippen LogP contribution < -0.4 is 0 Å². The number of hydrogen-bond donors (Lipinski definition) is 0. The molecule has 0 spiro atoms. The molecular weight excluding hydrogens is 232 g/mol. The standard InChI is InChI=1S/C12H14N4O2/c17-16(18)11-4-3-10-8-13-15(12(10)7-11)9-14-5-1-2-6-14/h3-4,7-8H,1-2,5-6,9H2. The van der Waals surface area contributed by atoms with Gasteiger partial charge in [-0.3, -0.25) is 19.7 Å². The maximum atomic E-state index is 10.8. The van der Waals surface area contributed by atoms with E-state index in [9.17, 15) is 10.1 Å². The highest BCUT2D eigenvalue weighted by Gasteiger charge is 2.15. The summed E-state index contributed by atoms with van der Waals surface area (Å²) in [7, 11) is 0. The van der Waals surface area contributed by atoms with E-state index in [0.29, 0.717) is 6.67 Å². The Hall–Kier alpha value is -1.95. The lowest BCUT2D eigenvalue weighted by molar-refractivity contribution is -0.384. The summed E-state index contributed by atoms with van der Waals surface area (Å²) in [5.74, 6) is 0. The monoisotopic (exact) mass is 246 g/mol. The zero-order valence-corrected chi connectivity index (χ0v) is 9.95. The van der Waals surface area contributed by atoms with Gasteiger partial charge in [0.05, 0.1) is 23.3 Å². The third-order valence-electron chi connectivity index (χ3n) is 3.37. The molecule has 0 saturated carbocycles. The number of likely N-dealkylation sites (tertiary alicyclic amines) is 1. The first-order valence-electron chi connectivity index (χ1n) is 6.06.